The molecule has 0 amide bonds. The molecule has 4 rings (SSSR count). The van der Waals surface area contributed by atoms with Crippen LogP contribution in [0.1, 0.15) is 17.8 Å². The summed E-state index contributed by atoms with van der Waals surface area (Å²) in [5.74, 6) is 1.07. The van der Waals surface area contributed by atoms with Crippen LogP contribution in [0.15, 0.2) is 54.6 Å². The zero-order valence-corrected chi connectivity index (χ0v) is 13.9. The number of fused-ring (bicyclic) bond motifs is 1. The fraction of sp³-hybridized carbons (Fsp3) is 0.350. The standard InChI is InChI=1S/C20H24N4/c1-2-6-16(7-3-1)14-24-13-11-17(15-24)21-12-10-20-22-18-8-4-5-9-19(18)23-20/h1-9,17,21H,10-15H2,(H,22,23)/t17-/m0/s1. The number of nitrogens with zero attached hydrogens (tertiary/aromatic N) is 2. The molecule has 0 radical (unpaired) electrons. The van der Waals surface area contributed by atoms with E-state index in [4.69, 9.17) is 0 Å². The predicted octanol–water partition coefficient (Wildman–Crippen LogP) is 2.97. The number of imidazole rings is 1. The maximum absolute atomic E-state index is 4.64. The summed E-state index contributed by atoms with van der Waals surface area (Å²) in [5.41, 5.74) is 3.59. The predicted molar refractivity (Wildman–Crippen MR) is 97.9 cm³/mol. The van der Waals surface area contributed by atoms with Gasteiger partial charge in [-0.25, -0.2) is 4.98 Å². The molecule has 2 heterocycles. The highest BCUT2D eigenvalue weighted by atomic mass is 15.2. The van der Waals surface area contributed by atoms with E-state index in [1.165, 1.54) is 18.5 Å². The van der Waals surface area contributed by atoms with Gasteiger partial charge in [-0.05, 0) is 24.1 Å². The van der Waals surface area contributed by atoms with E-state index < -0.39 is 0 Å². The van der Waals surface area contributed by atoms with Crippen LogP contribution in [0, 0.1) is 0 Å². The van der Waals surface area contributed by atoms with Crippen molar-refractivity contribution in [1.82, 2.24) is 20.2 Å². The Balaban J connectivity index is 1.23. The minimum Gasteiger partial charge on any atom is -0.342 e. The second-order valence-corrected chi connectivity index (χ2v) is 6.61. The fourth-order valence-electron chi connectivity index (χ4n) is 3.50. The van der Waals surface area contributed by atoms with E-state index in [1.807, 2.05) is 12.1 Å². The largest absolute Gasteiger partial charge is 0.342 e. The van der Waals surface area contributed by atoms with E-state index in [2.05, 4.69) is 62.6 Å². The normalized spacial score (nSPS) is 18.4. The fourth-order valence-corrected chi connectivity index (χ4v) is 3.50. The molecule has 4 heteroatoms. The molecule has 0 unspecified atom stereocenters. The van der Waals surface area contributed by atoms with Gasteiger partial charge >= 0.3 is 0 Å². The van der Waals surface area contributed by atoms with Gasteiger partial charge in [0.05, 0.1) is 11.0 Å². The number of H-pyrrole nitrogens is 1. The molecule has 1 aliphatic heterocycles. The Morgan fingerprint density at radius 3 is 2.79 bits per heavy atom. The van der Waals surface area contributed by atoms with Crippen LogP contribution in [-0.2, 0) is 13.0 Å². The first-order valence-electron chi connectivity index (χ1n) is 8.80. The Morgan fingerprint density at radius 1 is 1.08 bits per heavy atom. The molecule has 2 aromatic carbocycles. The van der Waals surface area contributed by atoms with Crippen molar-refractivity contribution in [1.29, 1.82) is 0 Å². The van der Waals surface area contributed by atoms with E-state index in [0.29, 0.717) is 6.04 Å². The van der Waals surface area contributed by atoms with Crippen molar-refractivity contribution >= 4 is 11.0 Å². The quantitative estimate of drug-likeness (QED) is 0.734. The molecule has 4 nitrogen and oxygen atoms in total. The lowest BCUT2D eigenvalue weighted by Gasteiger charge is -2.16. The summed E-state index contributed by atoms with van der Waals surface area (Å²) in [6, 6.07) is 19.5. The average Bonchev–Trinajstić information content (AvgIpc) is 3.22. The first-order chi connectivity index (χ1) is 11.9. The second kappa shape index (κ2) is 7.16. The summed E-state index contributed by atoms with van der Waals surface area (Å²) in [4.78, 5) is 10.6. The number of aromatic nitrogens is 2. The van der Waals surface area contributed by atoms with E-state index in [0.717, 1.165) is 42.9 Å². The Bertz CT molecular complexity index is 747. The van der Waals surface area contributed by atoms with Crippen molar-refractivity contribution in [2.45, 2.75) is 25.4 Å². The number of nitrogens with one attached hydrogen (secondary N) is 2. The topological polar surface area (TPSA) is 44.0 Å². The van der Waals surface area contributed by atoms with Gasteiger partial charge in [-0.3, -0.25) is 4.90 Å². The van der Waals surface area contributed by atoms with Crippen LogP contribution in [0.2, 0.25) is 0 Å². The molecule has 24 heavy (non-hydrogen) atoms. The molecule has 3 aromatic rings. The van der Waals surface area contributed by atoms with Crippen LogP contribution >= 0.6 is 0 Å². The Hall–Kier alpha value is -2.17. The third-order valence-corrected chi connectivity index (χ3v) is 4.75. The van der Waals surface area contributed by atoms with Crippen LogP contribution in [0.4, 0.5) is 0 Å². The van der Waals surface area contributed by atoms with Gasteiger partial charge in [0, 0.05) is 38.6 Å². The summed E-state index contributed by atoms with van der Waals surface area (Å²) in [6.07, 6.45) is 2.18. The molecule has 1 aromatic heterocycles. The van der Waals surface area contributed by atoms with Crippen molar-refractivity contribution in [3.05, 3.63) is 66.0 Å². The monoisotopic (exact) mass is 320 g/mol. The third-order valence-electron chi connectivity index (χ3n) is 4.75. The smallest absolute Gasteiger partial charge is 0.108 e. The van der Waals surface area contributed by atoms with E-state index in [-0.39, 0.29) is 0 Å². The SMILES string of the molecule is c1ccc(CN2CC[C@H](NCCc3nc4ccccc4[nH]3)C2)cc1. The first-order valence-corrected chi connectivity index (χ1v) is 8.80. The van der Waals surface area contributed by atoms with Crippen molar-refractivity contribution in [2.75, 3.05) is 19.6 Å². The van der Waals surface area contributed by atoms with Crippen LogP contribution in [-0.4, -0.2) is 40.5 Å². The Kier molecular flexibility index (Phi) is 4.58. The number of hydrogen-bond acceptors (Lipinski definition) is 3. The van der Waals surface area contributed by atoms with Gasteiger partial charge in [0.1, 0.15) is 5.82 Å². The minimum absolute atomic E-state index is 0.595. The number of likely N-dealkylation sites (tertiary alicyclic amines) is 1. The van der Waals surface area contributed by atoms with Crippen LogP contribution in [0.5, 0.6) is 0 Å². The molecule has 1 fully saturated rings. The molecule has 2 N–H and O–H groups in total. The summed E-state index contributed by atoms with van der Waals surface area (Å²) in [5, 5.41) is 3.69. The average molecular weight is 320 g/mol. The summed E-state index contributed by atoms with van der Waals surface area (Å²) < 4.78 is 0. The minimum atomic E-state index is 0.595. The molecule has 0 bridgehead atoms. The van der Waals surface area contributed by atoms with Crippen molar-refractivity contribution in [3.63, 3.8) is 0 Å². The zero-order valence-electron chi connectivity index (χ0n) is 13.9. The van der Waals surface area contributed by atoms with Crippen molar-refractivity contribution in [3.8, 4) is 0 Å². The highest BCUT2D eigenvalue weighted by Gasteiger charge is 2.21. The Labute approximate surface area is 142 Å². The van der Waals surface area contributed by atoms with E-state index in [1.54, 1.807) is 0 Å². The Morgan fingerprint density at radius 2 is 1.92 bits per heavy atom. The maximum atomic E-state index is 4.64. The summed E-state index contributed by atoms with van der Waals surface area (Å²) >= 11 is 0. The van der Waals surface area contributed by atoms with Gasteiger partial charge < -0.3 is 10.3 Å². The highest BCUT2D eigenvalue weighted by molar-refractivity contribution is 5.74. The van der Waals surface area contributed by atoms with Crippen LogP contribution in [0.3, 0.4) is 0 Å². The zero-order chi connectivity index (χ0) is 16.2. The molecule has 1 atom stereocenters. The number of benzene rings is 2. The van der Waals surface area contributed by atoms with Gasteiger partial charge in [0.15, 0.2) is 0 Å². The third kappa shape index (κ3) is 3.66. The highest BCUT2D eigenvalue weighted by Crippen LogP contribution is 2.14. The lowest BCUT2D eigenvalue weighted by atomic mass is 10.2. The van der Waals surface area contributed by atoms with Crippen molar-refractivity contribution < 1.29 is 0 Å². The number of hydrogen-bond donors (Lipinski definition) is 2. The molecule has 124 valence electrons. The van der Waals surface area contributed by atoms with Gasteiger partial charge in [-0.15, -0.1) is 0 Å². The van der Waals surface area contributed by atoms with Crippen molar-refractivity contribution in [2.24, 2.45) is 0 Å². The molecule has 0 aliphatic carbocycles. The van der Waals surface area contributed by atoms with E-state index >= 15 is 0 Å². The van der Waals surface area contributed by atoms with E-state index in [9.17, 15) is 0 Å². The van der Waals surface area contributed by atoms with Crippen LogP contribution in [0.25, 0.3) is 11.0 Å². The van der Waals surface area contributed by atoms with Crippen LogP contribution < -0.4 is 5.32 Å². The lowest BCUT2D eigenvalue weighted by Crippen LogP contribution is -2.33. The summed E-state index contributed by atoms with van der Waals surface area (Å²) in [6.45, 7) is 4.35. The van der Waals surface area contributed by atoms with Gasteiger partial charge in [0.25, 0.3) is 0 Å². The maximum Gasteiger partial charge on any atom is 0.108 e. The molecule has 0 saturated carbocycles. The molecule has 0 spiro atoms. The second-order valence-electron chi connectivity index (χ2n) is 6.61. The molecule has 1 aliphatic rings. The molecule has 1 saturated heterocycles. The number of aromatic amines is 1. The summed E-state index contributed by atoms with van der Waals surface area (Å²) in [7, 11) is 0. The van der Waals surface area contributed by atoms with Gasteiger partial charge in [-0.1, -0.05) is 42.5 Å². The molecular weight excluding hydrogens is 296 g/mol. The molecular formula is C20H24N4. The van der Waals surface area contributed by atoms with Gasteiger partial charge in [-0.2, -0.15) is 0 Å². The first kappa shape index (κ1) is 15.4. The number of rotatable bonds is 6. The lowest BCUT2D eigenvalue weighted by molar-refractivity contribution is 0.320. The number of para-hydroxylation sites is 2. The van der Waals surface area contributed by atoms with Gasteiger partial charge in [0.2, 0.25) is 0 Å².